The van der Waals surface area contributed by atoms with Crippen LogP contribution >= 0.6 is 11.6 Å². The molecule has 3 aromatic carbocycles. The van der Waals surface area contributed by atoms with Crippen LogP contribution in [0, 0.1) is 11.7 Å². The molecule has 0 atom stereocenters. The number of halogens is 2. The zero-order valence-corrected chi connectivity index (χ0v) is 19.2. The average molecular weight is 475 g/mol. The summed E-state index contributed by atoms with van der Waals surface area (Å²) in [6.07, 6.45) is 0.855. The summed E-state index contributed by atoms with van der Waals surface area (Å²) < 4.78 is 40.6. The summed E-state index contributed by atoms with van der Waals surface area (Å²) in [5.41, 5.74) is 0.840. The maximum absolute atomic E-state index is 13.4. The normalized spacial score (nSPS) is 15.7. The van der Waals surface area contributed by atoms with Gasteiger partial charge in [0.05, 0.1) is 9.92 Å². The lowest BCUT2D eigenvalue weighted by molar-refractivity contribution is -0.123. The molecule has 4 rings (SSSR count). The molecule has 0 radical (unpaired) electrons. The van der Waals surface area contributed by atoms with Crippen molar-refractivity contribution in [1.29, 1.82) is 0 Å². The summed E-state index contributed by atoms with van der Waals surface area (Å²) >= 11 is 5.76. The predicted molar refractivity (Wildman–Crippen MR) is 125 cm³/mol. The molecule has 1 heterocycles. The summed E-state index contributed by atoms with van der Waals surface area (Å²) in [5.74, 6) is -0.919. The first kappa shape index (κ1) is 22.7. The number of hydrogen-bond acceptors (Lipinski definition) is 3. The number of carbonyl (C=O) groups is 1. The Hall–Kier alpha value is -2.48. The Bertz CT molecular complexity index is 1260. The summed E-state index contributed by atoms with van der Waals surface area (Å²) in [6, 6.07) is 17.3. The molecule has 8 heteroatoms. The van der Waals surface area contributed by atoms with Crippen LogP contribution in [0.25, 0.3) is 10.8 Å². The third-order valence-electron chi connectivity index (χ3n) is 5.96. The van der Waals surface area contributed by atoms with E-state index in [-0.39, 0.29) is 34.8 Å². The molecule has 168 valence electrons. The fourth-order valence-electron chi connectivity index (χ4n) is 4.16. The second-order valence-corrected chi connectivity index (χ2v) is 10.2. The van der Waals surface area contributed by atoms with Gasteiger partial charge in [-0.1, -0.05) is 41.9 Å². The van der Waals surface area contributed by atoms with Crippen LogP contribution in [0.4, 0.5) is 10.1 Å². The lowest BCUT2D eigenvalue weighted by Crippen LogP contribution is -2.44. The predicted octanol–water partition coefficient (Wildman–Crippen LogP) is 5.09. The first-order valence-electron chi connectivity index (χ1n) is 10.6. The van der Waals surface area contributed by atoms with E-state index in [4.69, 9.17) is 11.6 Å². The summed E-state index contributed by atoms with van der Waals surface area (Å²) in [6.45, 7) is 2.92. The molecular weight excluding hydrogens is 451 g/mol. The van der Waals surface area contributed by atoms with Crippen LogP contribution in [-0.2, 0) is 14.8 Å². The van der Waals surface area contributed by atoms with Crippen LogP contribution in [0.3, 0.4) is 0 Å². The van der Waals surface area contributed by atoms with Crippen molar-refractivity contribution in [3.63, 3.8) is 0 Å². The van der Waals surface area contributed by atoms with Gasteiger partial charge in [-0.05, 0) is 60.9 Å². The SMILES string of the molecule is CCN(C(=O)C1CCN(S(=O)(=O)c2ccc(F)c(Cl)c2)CC1)c1ccc2ccccc2c1. The van der Waals surface area contributed by atoms with E-state index >= 15 is 0 Å². The van der Waals surface area contributed by atoms with Gasteiger partial charge in [-0.3, -0.25) is 4.79 Å². The Kier molecular flexibility index (Phi) is 6.51. The van der Waals surface area contributed by atoms with Crippen LogP contribution in [0.2, 0.25) is 5.02 Å². The Labute approximate surface area is 192 Å². The second-order valence-electron chi connectivity index (χ2n) is 7.87. The Morgan fingerprint density at radius 1 is 1.06 bits per heavy atom. The zero-order chi connectivity index (χ0) is 22.9. The molecule has 5 nitrogen and oxygen atoms in total. The number of piperidine rings is 1. The van der Waals surface area contributed by atoms with Crippen LogP contribution in [0.5, 0.6) is 0 Å². The highest BCUT2D eigenvalue weighted by atomic mass is 35.5. The number of carbonyl (C=O) groups excluding carboxylic acids is 1. The van der Waals surface area contributed by atoms with Gasteiger partial charge in [-0.2, -0.15) is 4.31 Å². The first-order valence-corrected chi connectivity index (χ1v) is 12.4. The van der Waals surface area contributed by atoms with Crippen molar-refractivity contribution in [2.75, 3.05) is 24.5 Å². The van der Waals surface area contributed by atoms with Crippen LogP contribution in [0.1, 0.15) is 19.8 Å². The monoisotopic (exact) mass is 474 g/mol. The fraction of sp³-hybridized carbons (Fsp3) is 0.292. The van der Waals surface area contributed by atoms with Crippen LogP contribution in [-0.4, -0.2) is 38.3 Å². The molecule has 1 fully saturated rings. The summed E-state index contributed by atoms with van der Waals surface area (Å²) in [5, 5.41) is 1.94. The van der Waals surface area contributed by atoms with Gasteiger partial charge in [0.15, 0.2) is 0 Å². The van der Waals surface area contributed by atoms with E-state index in [2.05, 4.69) is 0 Å². The molecule has 32 heavy (non-hydrogen) atoms. The highest BCUT2D eigenvalue weighted by Crippen LogP contribution is 2.29. The van der Waals surface area contributed by atoms with E-state index in [0.29, 0.717) is 19.4 Å². The molecule has 0 spiro atoms. The van der Waals surface area contributed by atoms with Crippen molar-refractivity contribution in [3.05, 3.63) is 71.5 Å². The van der Waals surface area contributed by atoms with Gasteiger partial charge in [0.1, 0.15) is 5.82 Å². The van der Waals surface area contributed by atoms with Crippen LogP contribution in [0.15, 0.2) is 65.6 Å². The lowest BCUT2D eigenvalue weighted by Gasteiger charge is -2.33. The number of amides is 1. The lowest BCUT2D eigenvalue weighted by atomic mass is 9.96. The van der Waals surface area contributed by atoms with E-state index in [0.717, 1.165) is 28.6 Å². The molecule has 0 saturated carbocycles. The smallest absolute Gasteiger partial charge is 0.243 e. The van der Waals surface area contributed by atoms with Gasteiger partial charge in [0.2, 0.25) is 15.9 Å². The largest absolute Gasteiger partial charge is 0.312 e. The van der Waals surface area contributed by atoms with E-state index in [9.17, 15) is 17.6 Å². The second kappa shape index (κ2) is 9.17. The number of nitrogens with zero attached hydrogens (tertiary/aromatic N) is 2. The quantitative estimate of drug-likeness (QED) is 0.517. The number of hydrogen-bond donors (Lipinski definition) is 0. The van der Waals surface area contributed by atoms with Gasteiger partial charge in [-0.25, -0.2) is 12.8 Å². The van der Waals surface area contributed by atoms with Gasteiger partial charge < -0.3 is 4.90 Å². The molecule has 0 N–H and O–H groups in total. The van der Waals surface area contributed by atoms with Gasteiger partial charge in [0, 0.05) is 31.2 Å². The number of benzene rings is 3. The zero-order valence-electron chi connectivity index (χ0n) is 17.7. The van der Waals surface area contributed by atoms with E-state index in [1.54, 1.807) is 4.90 Å². The Balaban J connectivity index is 1.47. The fourth-order valence-corrected chi connectivity index (χ4v) is 5.90. The van der Waals surface area contributed by atoms with Crippen molar-refractivity contribution in [3.8, 4) is 0 Å². The molecule has 0 aromatic heterocycles. The van der Waals surface area contributed by atoms with Gasteiger partial charge >= 0.3 is 0 Å². The first-order chi connectivity index (χ1) is 15.3. The van der Waals surface area contributed by atoms with Crippen molar-refractivity contribution in [1.82, 2.24) is 4.31 Å². The molecule has 0 aliphatic carbocycles. The number of anilines is 1. The topological polar surface area (TPSA) is 57.7 Å². The Morgan fingerprint density at radius 2 is 1.75 bits per heavy atom. The maximum Gasteiger partial charge on any atom is 0.243 e. The molecular formula is C24H24ClFN2O3S. The Morgan fingerprint density at radius 3 is 2.41 bits per heavy atom. The third kappa shape index (κ3) is 4.37. The minimum atomic E-state index is -3.80. The van der Waals surface area contributed by atoms with E-state index < -0.39 is 15.8 Å². The van der Waals surface area contributed by atoms with E-state index in [1.165, 1.54) is 10.4 Å². The molecule has 0 unspecified atom stereocenters. The molecule has 1 saturated heterocycles. The van der Waals surface area contributed by atoms with Crippen molar-refractivity contribution < 1.29 is 17.6 Å². The molecule has 1 aliphatic heterocycles. The van der Waals surface area contributed by atoms with Gasteiger partial charge in [-0.15, -0.1) is 0 Å². The molecule has 3 aromatic rings. The highest BCUT2D eigenvalue weighted by molar-refractivity contribution is 7.89. The van der Waals surface area contributed by atoms with E-state index in [1.807, 2.05) is 49.4 Å². The van der Waals surface area contributed by atoms with Crippen molar-refractivity contribution >= 4 is 44.0 Å². The highest BCUT2D eigenvalue weighted by Gasteiger charge is 2.34. The standard InChI is InChI=1S/C24H24ClFN2O3S/c1-2-28(20-8-7-17-5-3-4-6-19(17)15-20)24(29)18-11-13-27(14-12-18)32(30,31)21-9-10-23(26)22(25)16-21/h3-10,15-16,18H,2,11-14H2,1H3. The van der Waals surface area contributed by atoms with Crippen molar-refractivity contribution in [2.45, 2.75) is 24.7 Å². The third-order valence-corrected chi connectivity index (χ3v) is 8.14. The molecule has 1 amide bonds. The minimum absolute atomic E-state index is 0.00431. The summed E-state index contributed by atoms with van der Waals surface area (Å²) in [4.78, 5) is 15.0. The van der Waals surface area contributed by atoms with Gasteiger partial charge in [0.25, 0.3) is 0 Å². The van der Waals surface area contributed by atoms with Crippen molar-refractivity contribution in [2.24, 2.45) is 5.92 Å². The molecule has 0 bridgehead atoms. The number of sulfonamides is 1. The average Bonchev–Trinajstić information content (AvgIpc) is 2.81. The van der Waals surface area contributed by atoms with Crippen LogP contribution < -0.4 is 4.90 Å². The molecule has 1 aliphatic rings. The number of rotatable bonds is 5. The number of fused-ring (bicyclic) bond motifs is 1. The minimum Gasteiger partial charge on any atom is -0.312 e. The summed E-state index contributed by atoms with van der Waals surface area (Å²) in [7, 11) is -3.80. The maximum atomic E-state index is 13.4.